The van der Waals surface area contributed by atoms with Crippen LogP contribution in [0.1, 0.15) is 36.2 Å². The molecule has 0 bridgehead atoms. The summed E-state index contributed by atoms with van der Waals surface area (Å²) in [6, 6.07) is 0. The standard InChI is InChI=1S/C10H11N5O3/c16-9(17)3-7-4-15(14-12-7)5-8-11-10(18-13-8)6-1-2-6/h4,6H,1-3,5H2,(H,16,17). The van der Waals surface area contributed by atoms with E-state index >= 15 is 0 Å². The molecule has 0 radical (unpaired) electrons. The van der Waals surface area contributed by atoms with Gasteiger partial charge >= 0.3 is 5.97 Å². The second-order valence-electron chi connectivity index (χ2n) is 4.30. The molecule has 1 aliphatic rings. The summed E-state index contributed by atoms with van der Waals surface area (Å²) in [6.07, 6.45) is 3.64. The Hall–Kier alpha value is -2.25. The van der Waals surface area contributed by atoms with E-state index in [1.165, 1.54) is 4.68 Å². The Morgan fingerprint density at radius 2 is 2.39 bits per heavy atom. The molecule has 0 atom stereocenters. The SMILES string of the molecule is O=C(O)Cc1cn(Cc2noc(C3CC3)n2)nn1. The van der Waals surface area contributed by atoms with Crippen molar-refractivity contribution >= 4 is 5.97 Å². The van der Waals surface area contributed by atoms with Gasteiger partial charge in [0.25, 0.3) is 0 Å². The third-order valence-corrected chi connectivity index (χ3v) is 2.63. The Labute approximate surface area is 102 Å². The number of nitrogens with zero attached hydrogens (tertiary/aromatic N) is 5. The highest BCUT2D eigenvalue weighted by atomic mass is 16.5. The molecule has 0 spiro atoms. The van der Waals surface area contributed by atoms with E-state index in [9.17, 15) is 4.79 Å². The van der Waals surface area contributed by atoms with Gasteiger partial charge in [0, 0.05) is 12.1 Å². The monoisotopic (exact) mass is 249 g/mol. The quantitative estimate of drug-likeness (QED) is 0.807. The number of carboxylic acid groups (broad SMARTS) is 1. The molecule has 18 heavy (non-hydrogen) atoms. The van der Waals surface area contributed by atoms with E-state index in [1.807, 2.05) is 0 Å². The largest absolute Gasteiger partial charge is 0.481 e. The van der Waals surface area contributed by atoms with Gasteiger partial charge in [-0.05, 0) is 12.8 Å². The Balaban J connectivity index is 1.67. The van der Waals surface area contributed by atoms with Crippen LogP contribution in [0.5, 0.6) is 0 Å². The zero-order valence-corrected chi connectivity index (χ0v) is 9.48. The molecule has 0 saturated heterocycles. The van der Waals surface area contributed by atoms with E-state index < -0.39 is 5.97 Å². The number of aromatic nitrogens is 5. The summed E-state index contributed by atoms with van der Waals surface area (Å²) in [5.41, 5.74) is 0.411. The lowest BCUT2D eigenvalue weighted by molar-refractivity contribution is -0.136. The molecule has 8 nitrogen and oxygen atoms in total. The van der Waals surface area contributed by atoms with Crippen LogP contribution in [0.25, 0.3) is 0 Å². The fourth-order valence-electron chi connectivity index (χ4n) is 1.62. The van der Waals surface area contributed by atoms with Crippen LogP contribution in [0.2, 0.25) is 0 Å². The number of carboxylic acids is 1. The van der Waals surface area contributed by atoms with Crippen LogP contribution in [-0.4, -0.2) is 36.2 Å². The first-order valence-electron chi connectivity index (χ1n) is 5.64. The van der Waals surface area contributed by atoms with Crippen molar-refractivity contribution in [3.05, 3.63) is 23.6 Å². The van der Waals surface area contributed by atoms with Crippen LogP contribution in [-0.2, 0) is 17.8 Å². The molecule has 2 aromatic rings. The molecule has 2 aromatic heterocycles. The molecular weight excluding hydrogens is 238 g/mol. The summed E-state index contributed by atoms with van der Waals surface area (Å²) in [7, 11) is 0. The van der Waals surface area contributed by atoms with Crippen molar-refractivity contribution < 1.29 is 14.4 Å². The van der Waals surface area contributed by atoms with Crippen molar-refractivity contribution in [3.8, 4) is 0 Å². The summed E-state index contributed by atoms with van der Waals surface area (Å²) in [6.45, 7) is 0.336. The van der Waals surface area contributed by atoms with E-state index in [0.29, 0.717) is 29.9 Å². The van der Waals surface area contributed by atoms with Gasteiger partial charge in [0.2, 0.25) is 5.89 Å². The molecule has 2 heterocycles. The second-order valence-corrected chi connectivity index (χ2v) is 4.30. The van der Waals surface area contributed by atoms with Gasteiger partial charge in [0.1, 0.15) is 6.54 Å². The van der Waals surface area contributed by atoms with Crippen LogP contribution < -0.4 is 0 Å². The molecule has 8 heteroatoms. The summed E-state index contributed by atoms with van der Waals surface area (Å²) in [5, 5.41) is 20.0. The van der Waals surface area contributed by atoms with Crippen molar-refractivity contribution in [2.24, 2.45) is 0 Å². The average molecular weight is 249 g/mol. The fraction of sp³-hybridized carbons (Fsp3) is 0.500. The Kier molecular flexibility index (Phi) is 2.54. The second kappa shape index (κ2) is 4.21. The normalized spacial score (nSPS) is 14.9. The van der Waals surface area contributed by atoms with Crippen LogP contribution >= 0.6 is 0 Å². The maximum absolute atomic E-state index is 10.5. The summed E-state index contributed by atoms with van der Waals surface area (Å²) in [5.74, 6) is 0.696. The first-order chi connectivity index (χ1) is 8.70. The van der Waals surface area contributed by atoms with Gasteiger partial charge < -0.3 is 9.63 Å². The molecule has 0 aromatic carbocycles. The van der Waals surface area contributed by atoms with Crippen LogP contribution in [0.4, 0.5) is 0 Å². The van der Waals surface area contributed by atoms with Gasteiger partial charge in [-0.1, -0.05) is 10.4 Å². The van der Waals surface area contributed by atoms with Crippen molar-refractivity contribution in [2.45, 2.75) is 31.7 Å². The van der Waals surface area contributed by atoms with Crippen molar-refractivity contribution in [3.63, 3.8) is 0 Å². The molecule has 0 aliphatic heterocycles. The van der Waals surface area contributed by atoms with E-state index in [-0.39, 0.29) is 6.42 Å². The number of hydrogen-bond acceptors (Lipinski definition) is 6. The van der Waals surface area contributed by atoms with Gasteiger partial charge in [0.15, 0.2) is 5.82 Å². The lowest BCUT2D eigenvalue weighted by Gasteiger charge is -1.92. The molecule has 1 fully saturated rings. The Bertz CT molecular complexity index is 572. The van der Waals surface area contributed by atoms with Crippen LogP contribution in [0, 0.1) is 0 Å². The Morgan fingerprint density at radius 1 is 1.56 bits per heavy atom. The molecule has 3 rings (SSSR count). The summed E-state index contributed by atoms with van der Waals surface area (Å²) >= 11 is 0. The first-order valence-corrected chi connectivity index (χ1v) is 5.64. The molecule has 0 unspecified atom stereocenters. The minimum Gasteiger partial charge on any atom is -0.481 e. The maximum Gasteiger partial charge on any atom is 0.309 e. The summed E-state index contributed by atoms with van der Waals surface area (Å²) in [4.78, 5) is 14.8. The molecule has 1 N–H and O–H groups in total. The molecule has 1 saturated carbocycles. The summed E-state index contributed by atoms with van der Waals surface area (Å²) < 4.78 is 6.62. The number of carbonyl (C=O) groups is 1. The fourth-order valence-corrected chi connectivity index (χ4v) is 1.62. The van der Waals surface area contributed by atoms with Gasteiger partial charge in [0.05, 0.1) is 12.1 Å². The Morgan fingerprint density at radius 3 is 3.11 bits per heavy atom. The van der Waals surface area contributed by atoms with E-state index in [1.54, 1.807) is 6.20 Å². The van der Waals surface area contributed by atoms with Crippen LogP contribution in [0.3, 0.4) is 0 Å². The number of aliphatic carboxylic acids is 1. The van der Waals surface area contributed by atoms with E-state index in [4.69, 9.17) is 9.63 Å². The minimum atomic E-state index is -0.933. The smallest absolute Gasteiger partial charge is 0.309 e. The number of hydrogen-bond donors (Lipinski definition) is 1. The highest BCUT2D eigenvalue weighted by Gasteiger charge is 2.29. The van der Waals surface area contributed by atoms with Gasteiger partial charge in [-0.25, -0.2) is 4.68 Å². The van der Waals surface area contributed by atoms with E-state index in [0.717, 1.165) is 12.8 Å². The third-order valence-electron chi connectivity index (χ3n) is 2.63. The highest BCUT2D eigenvalue weighted by molar-refractivity contribution is 5.69. The first kappa shape index (κ1) is 10.9. The van der Waals surface area contributed by atoms with Crippen molar-refractivity contribution in [1.29, 1.82) is 0 Å². The third kappa shape index (κ3) is 2.36. The topological polar surface area (TPSA) is 107 Å². The van der Waals surface area contributed by atoms with Crippen molar-refractivity contribution in [2.75, 3.05) is 0 Å². The van der Waals surface area contributed by atoms with Crippen LogP contribution in [0.15, 0.2) is 10.7 Å². The lowest BCUT2D eigenvalue weighted by atomic mass is 10.3. The molecular formula is C10H11N5O3. The average Bonchev–Trinajstić information content (AvgIpc) is 2.92. The highest BCUT2D eigenvalue weighted by Crippen LogP contribution is 2.38. The minimum absolute atomic E-state index is 0.139. The van der Waals surface area contributed by atoms with E-state index in [2.05, 4.69) is 20.5 Å². The zero-order valence-electron chi connectivity index (χ0n) is 9.48. The predicted octanol–water partition coefficient (Wildman–Crippen LogP) is 0.214. The van der Waals surface area contributed by atoms with Gasteiger partial charge in [-0.15, -0.1) is 5.10 Å². The lowest BCUT2D eigenvalue weighted by Crippen LogP contribution is -2.02. The van der Waals surface area contributed by atoms with Crippen molar-refractivity contribution in [1.82, 2.24) is 25.1 Å². The molecule has 94 valence electrons. The molecule has 0 amide bonds. The number of rotatable bonds is 5. The van der Waals surface area contributed by atoms with Gasteiger partial charge in [-0.3, -0.25) is 4.79 Å². The maximum atomic E-state index is 10.5. The zero-order chi connectivity index (χ0) is 12.5. The van der Waals surface area contributed by atoms with Gasteiger partial charge in [-0.2, -0.15) is 4.98 Å². The predicted molar refractivity (Wildman–Crippen MR) is 56.7 cm³/mol. The molecule has 1 aliphatic carbocycles.